The minimum atomic E-state index is -4.15. The summed E-state index contributed by atoms with van der Waals surface area (Å²) < 4.78 is 65.8. The van der Waals surface area contributed by atoms with Crippen LogP contribution in [-0.2, 0) is 21.8 Å². The Hall–Kier alpha value is -2.46. The van der Waals surface area contributed by atoms with Gasteiger partial charge in [-0.2, -0.15) is 0 Å². The predicted molar refractivity (Wildman–Crippen MR) is 113 cm³/mol. The molecule has 0 saturated heterocycles. The van der Waals surface area contributed by atoms with Crippen molar-refractivity contribution in [3.63, 3.8) is 0 Å². The summed E-state index contributed by atoms with van der Waals surface area (Å²) >= 11 is 5.77. The van der Waals surface area contributed by atoms with Gasteiger partial charge in [0.25, 0.3) is 5.92 Å². The molecule has 2 aromatic rings. The minimum Gasteiger partial charge on any atom is -0.386 e. The second-order valence-electron chi connectivity index (χ2n) is 8.51. The second-order valence-corrected chi connectivity index (χ2v) is 11.2. The summed E-state index contributed by atoms with van der Waals surface area (Å²) in [5.41, 5.74) is 4.75. The van der Waals surface area contributed by atoms with E-state index in [0.717, 1.165) is 6.07 Å². The van der Waals surface area contributed by atoms with E-state index < -0.39 is 56.3 Å². The lowest BCUT2D eigenvalue weighted by Crippen LogP contribution is -2.68. The van der Waals surface area contributed by atoms with E-state index in [9.17, 15) is 26.4 Å². The van der Waals surface area contributed by atoms with Crippen LogP contribution in [0.15, 0.2) is 41.5 Å². The van der Waals surface area contributed by atoms with Gasteiger partial charge >= 0.3 is 0 Å². The Balaban J connectivity index is 1.68. The van der Waals surface area contributed by atoms with Crippen LogP contribution in [0.1, 0.15) is 41.4 Å². The van der Waals surface area contributed by atoms with E-state index in [0.29, 0.717) is 10.6 Å². The van der Waals surface area contributed by atoms with Gasteiger partial charge in [0, 0.05) is 31.0 Å². The molecule has 1 aliphatic carbocycles. The van der Waals surface area contributed by atoms with Crippen molar-refractivity contribution in [2.45, 2.75) is 42.4 Å². The summed E-state index contributed by atoms with van der Waals surface area (Å²) in [7, 11) is -4.15. The molecule has 170 valence electrons. The van der Waals surface area contributed by atoms with Gasteiger partial charge in [-0.15, -0.1) is 0 Å². The fourth-order valence-corrected chi connectivity index (χ4v) is 6.88. The minimum absolute atomic E-state index is 0.0840. The number of carbonyl (C=O) groups excluding carboxylic acids is 1. The largest absolute Gasteiger partial charge is 0.386 e. The molecule has 1 spiro atoms. The topological polar surface area (TPSA) is 102 Å². The summed E-state index contributed by atoms with van der Waals surface area (Å²) in [6, 6.07) is 6.84. The number of pyridine rings is 1. The third kappa shape index (κ3) is 3.69. The third-order valence-electron chi connectivity index (χ3n) is 5.98. The lowest BCUT2D eigenvalue weighted by atomic mass is 9.78. The van der Waals surface area contributed by atoms with E-state index in [4.69, 9.17) is 17.3 Å². The molecule has 11 heteroatoms. The van der Waals surface area contributed by atoms with E-state index in [-0.39, 0.29) is 23.5 Å². The van der Waals surface area contributed by atoms with Gasteiger partial charge in [0.2, 0.25) is 0 Å². The Labute approximate surface area is 187 Å². The van der Waals surface area contributed by atoms with Gasteiger partial charge in [-0.25, -0.2) is 21.6 Å². The molecule has 6 nitrogen and oxygen atoms in total. The molecule has 0 unspecified atom stereocenters. The summed E-state index contributed by atoms with van der Waals surface area (Å²) in [6.07, 6.45) is -0.659. The number of hydrogen-bond donors (Lipinski definition) is 1. The molecule has 2 N–H and O–H groups in total. The molecular weight excluding hydrogens is 467 g/mol. The summed E-state index contributed by atoms with van der Waals surface area (Å²) in [5, 5.41) is 0.370. The second kappa shape index (κ2) is 7.28. The normalized spacial score (nSPS) is 25.1. The summed E-state index contributed by atoms with van der Waals surface area (Å²) in [5.74, 6) is -5.34. The number of aromatic nitrogens is 1. The van der Waals surface area contributed by atoms with Crippen molar-refractivity contribution in [2.75, 3.05) is 5.75 Å². The molecule has 1 saturated carbocycles. The maximum atomic E-state index is 14.8. The van der Waals surface area contributed by atoms with Gasteiger partial charge in [-0.1, -0.05) is 17.7 Å². The van der Waals surface area contributed by atoms with E-state index in [1.54, 1.807) is 0 Å². The average molecular weight is 486 g/mol. The molecule has 4 rings (SSSR count). The van der Waals surface area contributed by atoms with E-state index >= 15 is 0 Å². The Morgan fingerprint density at radius 2 is 1.91 bits per heavy atom. The Morgan fingerprint density at radius 3 is 2.47 bits per heavy atom. The highest BCUT2D eigenvalue weighted by Crippen LogP contribution is 2.54. The number of sulfone groups is 1. The Bertz CT molecular complexity index is 1240. The number of alkyl halides is 2. The SMILES string of the molecule is C[C@@]1(c2cc(CC(=O)c3ccc(Cl)cn3)ccc2F)CS(=O)(=O)C2(CC(F)(F)C2)C(N)=N1. The predicted octanol–water partition coefficient (Wildman–Crippen LogP) is 3.47. The van der Waals surface area contributed by atoms with Crippen LogP contribution in [0.25, 0.3) is 0 Å². The van der Waals surface area contributed by atoms with Gasteiger partial charge < -0.3 is 5.73 Å². The lowest BCUT2D eigenvalue weighted by molar-refractivity contribution is -0.0828. The molecule has 2 aliphatic rings. The molecule has 0 bridgehead atoms. The molecule has 32 heavy (non-hydrogen) atoms. The van der Waals surface area contributed by atoms with Crippen molar-refractivity contribution in [1.29, 1.82) is 0 Å². The molecule has 0 amide bonds. The number of hydrogen-bond acceptors (Lipinski definition) is 6. The number of ketones is 1. The first-order valence-electron chi connectivity index (χ1n) is 9.67. The first kappa shape index (κ1) is 22.7. The maximum Gasteiger partial charge on any atom is 0.252 e. The molecule has 1 aromatic heterocycles. The highest BCUT2D eigenvalue weighted by molar-refractivity contribution is 7.93. The van der Waals surface area contributed by atoms with Crippen molar-refractivity contribution < 1.29 is 26.4 Å². The van der Waals surface area contributed by atoms with Crippen molar-refractivity contribution in [1.82, 2.24) is 4.98 Å². The van der Waals surface area contributed by atoms with Crippen molar-refractivity contribution in [2.24, 2.45) is 10.7 Å². The van der Waals surface area contributed by atoms with E-state index in [2.05, 4.69) is 9.98 Å². The standard InChI is InChI=1S/C21H19ClF3N3O3S/c1-19(11-32(30,31)20(18(26)28-19)9-21(24,25)10-20)14-6-12(2-4-15(14)23)7-17(29)16-5-3-13(22)8-27-16/h2-6,8H,7,9-11H2,1H3,(H2,26,28)/t19-/m0/s1. The number of aliphatic imine (C=N–C) groups is 1. The third-order valence-corrected chi connectivity index (χ3v) is 8.83. The van der Waals surface area contributed by atoms with Gasteiger partial charge in [0.05, 0.1) is 10.8 Å². The van der Waals surface area contributed by atoms with Gasteiger partial charge in [0.1, 0.15) is 27.6 Å². The number of carbonyl (C=O) groups is 1. The van der Waals surface area contributed by atoms with Crippen LogP contribution in [0.2, 0.25) is 5.02 Å². The molecule has 2 heterocycles. The van der Waals surface area contributed by atoms with Crippen molar-refractivity contribution >= 4 is 33.1 Å². The van der Waals surface area contributed by atoms with Crippen molar-refractivity contribution in [3.05, 3.63) is 64.2 Å². The summed E-state index contributed by atoms with van der Waals surface area (Å²) in [6.45, 7) is 1.38. The van der Waals surface area contributed by atoms with Crippen LogP contribution in [0.5, 0.6) is 0 Å². The zero-order chi connectivity index (χ0) is 23.5. The van der Waals surface area contributed by atoms with Crippen LogP contribution in [0.4, 0.5) is 13.2 Å². The average Bonchev–Trinajstić information content (AvgIpc) is 2.66. The number of nitrogens with zero attached hydrogens (tertiary/aromatic N) is 2. The van der Waals surface area contributed by atoms with E-state index in [1.807, 2.05) is 0 Å². The van der Waals surface area contributed by atoms with Crippen LogP contribution in [-0.4, -0.2) is 41.4 Å². The molecule has 1 fully saturated rings. The first-order chi connectivity index (χ1) is 14.8. The molecule has 0 radical (unpaired) electrons. The molecular formula is C21H19ClF3N3O3S. The maximum absolute atomic E-state index is 14.8. The van der Waals surface area contributed by atoms with Crippen molar-refractivity contribution in [3.8, 4) is 0 Å². The van der Waals surface area contributed by atoms with Crippen LogP contribution >= 0.6 is 11.6 Å². The Morgan fingerprint density at radius 1 is 1.22 bits per heavy atom. The highest BCUT2D eigenvalue weighted by atomic mass is 35.5. The zero-order valence-corrected chi connectivity index (χ0v) is 18.5. The fourth-order valence-electron chi connectivity index (χ4n) is 4.30. The van der Waals surface area contributed by atoms with Gasteiger partial charge in [-0.3, -0.25) is 14.8 Å². The number of Topliss-reactive ketones (excluding diaryl/α,β-unsaturated/α-hetero) is 1. The fraction of sp³-hybridized carbons (Fsp3) is 0.381. The number of halogens is 4. The molecule has 1 atom stereocenters. The quantitative estimate of drug-likeness (QED) is 0.668. The zero-order valence-electron chi connectivity index (χ0n) is 16.9. The number of nitrogens with two attached hydrogens (primary N) is 1. The van der Waals surface area contributed by atoms with E-state index in [1.165, 1.54) is 37.4 Å². The number of benzene rings is 1. The molecule has 1 aliphatic heterocycles. The van der Waals surface area contributed by atoms with Gasteiger partial charge in [-0.05, 0) is 36.8 Å². The molecule has 1 aromatic carbocycles. The number of rotatable bonds is 4. The first-order valence-corrected chi connectivity index (χ1v) is 11.7. The lowest BCUT2D eigenvalue weighted by Gasteiger charge is -2.50. The van der Waals surface area contributed by atoms with Crippen LogP contribution < -0.4 is 5.73 Å². The van der Waals surface area contributed by atoms with Crippen LogP contribution in [0, 0.1) is 5.82 Å². The smallest absolute Gasteiger partial charge is 0.252 e. The Kier molecular flexibility index (Phi) is 5.17. The number of amidine groups is 1. The van der Waals surface area contributed by atoms with Gasteiger partial charge in [0.15, 0.2) is 15.6 Å². The monoisotopic (exact) mass is 485 g/mol. The van der Waals surface area contributed by atoms with Crippen LogP contribution in [0.3, 0.4) is 0 Å². The summed E-state index contributed by atoms with van der Waals surface area (Å²) in [4.78, 5) is 20.7. The highest BCUT2D eigenvalue weighted by Gasteiger charge is 2.68.